The van der Waals surface area contributed by atoms with E-state index in [-0.39, 0.29) is 12.7 Å². The van der Waals surface area contributed by atoms with Crippen molar-refractivity contribution in [3.05, 3.63) is 76.2 Å². The van der Waals surface area contributed by atoms with Crippen molar-refractivity contribution in [2.45, 2.75) is 39.3 Å². The minimum Gasteiger partial charge on any atom is -0.484 e. The Morgan fingerprint density at radius 2 is 1.97 bits per heavy atom. The Bertz CT molecular complexity index is 1580. The fourth-order valence-corrected chi connectivity index (χ4v) is 5.18. The molecule has 0 aliphatic carbocycles. The van der Waals surface area contributed by atoms with E-state index in [2.05, 4.69) is 60.2 Å². The fourth-order valence-electron chi connectivity index (χ4n) is 4.57. The molecule has 196 valence electrons. The highest BCUT2D eigenvalue weighted by molar-refractivity contribution is 9.10. The van der Waals surface area contributed by atoms with Gasteiger partial charge in [-0.15, -0.1) is 10.2 Å². The lowest BCUT2D eigenvalue weighted by Crippen LogP contribution is -2.29. The Balaban J connectivity index is 1.31. The third-order valence-corrected chi connectivity index (χ3v) is 7.41. The molecule has 0 saturated carbocycles. The molecule has 0 unspecified atom stereocenters. The summed E-state index contributed by atoms with van der Waals surface area (Å²) >= 11 is 3.65. The lowest BCUT2D eigenvalue weighted by Gasteiger charge is -2.18. The fraction of sp³-hybridized carbons (Fsp3) is 0.286. The third-order valence-electron chi connectivity index (χ3n) is 6.59. The summed E-state index contributed by atoms with van der Waals surface area (Å²) in [6.45, 7) is 2.79. The maximum Gasteiger partial charge on any atom is 0.415 e. The molecule has 1 amide bonds. The van der Waals surface area contributed by atoms with Gasteiger partial charge in [-0.3, -0.25) is 0 Å². The van der Waals surface area contributed by atoms with Crippen LogP contribution in [0.4, 0.5) is 4.79 Å². The molecule has 5 aromatic rings. The average Bonchev–Trinajstić information content (AvgIpc) is 3.54. The van der Waals surface area contributed by atoms with Crippen LogP contribution < -0.4 is 9.47 Å². The number of rotatable bonds is 9. The number of aromatic nitrogens is 5. The summed E-state index contributed by atoms with van der Waals surface area (Å²) < 4.78 is 14.8. The van der Waals surface area contributed by atoms with Gasteiger partial charge in [-0.25, -0.2) is 4.79 Å². The van der Waals surface area contributed by atoms with E-state index < -0.39 is 0 Å². The first-order valence-corrected chi connectivity index (χ1v) is 13.3. The highest BCUT2D eigenvalue weighted by Crippen LogP contribution is 2.35. The van der Waals surface area contributed by atoms with E-state index in [1.54, 1.807) is 11.9 Å². The number of amides is 1. The maximum atomic E-state index is 13.2. The van der Waals surface area contributed by atoms with Crippen LogP contribution in [-0.4, -0.2) is 43.2 Å². The van der Waals surface area contributed by atoms with Crippen LogP contribution in [-0.2, 0) is 26.6 Å². The SMILES string of the molecule is CCCCc1c(OC(=O)N(C)Cc2ccc3c(Br)c(OCc4nn[nH]n4)ccc3c2)c2ccccc2n1C. The minimum atomic E-state index is -0.384. The van der Waals surface area contributed by atoms with E-state index in [4.69, 9.17) is 9.47 Å². The van der Waals surface area contributed by atoms with E-state index in [0.717, 1.165) is 56.7 Å². The van der Waals surface area contributed by atoms with E-state index in [1.807, 2.05) is 49.5 Å². The highest BCUT2D eigenvalue weighted by Gasteiger charge is 2.21. The van der Waals surface area contributed by atoms with Crippen molar-refractivity contribution in [2.24, 2.45) is 7.05 Å². The Morgan fingerprint density at radius 1 is 1.13 bits per heavy atom. The molecule has 38 heavy (non-hydrogen) atoms. The van der Waals surface area contributed by atoms with Crippen LogP contribution in [0.5, 0.6) is 11.5 Å². The number of benzene rings is 3. The number of ether oxygens (including phenoxy) is 2. The number of nitrogens with one attached hydrogen (secondary N) is 1. The van der Waals surface area contributed by atoms with Crippen molar-refractivity contribution in [3.8, 4) is 11.5 Å². The molecule has 10 heteroatoms. The normalized spacial score (nSPS) is 11.3. The van der Waals surface area contributed by atoms with Gasteiger partial charge in [-0.1, -0.05) is 48.9 Å². The number of carbonyl (C=O) groups excluding carboxylic acids is 1. The molecule has 0 bridgehead atoms. The molecule has 1 N–H and O–H groups in total. The molecule has 5 rings (SSSR count). The quantitative estimate of drug-likeness (QED) is 0.225. The molecular weight excluding hydrogens is 548 g/mol. The summed E-state index contributed by atoms with van der Waals surface area (Å²) in [6, 6.07) is 18.0. The largest absolute Gasteiger partial charge is 0.484 e. The standard InChI is InChI=1S/C28H29BrN6O3/c1-4-5-9-23-27(21-8-6-7-10-22(21)35(23)3)38-28(36)34(2)16-18-11-13-20-19(15-18)12-14-24(26(20)29)37-17-25-30-32-33-31-25/h6-8,10-15H,4-5,9,16-17H2,1-3H3,(H,30,31,32,33). The summed E-state index contributed by atoms with van der Waals surface area (Å²) in [5.41, 5.74) is 3.10. The van der Waals surface area contributed by atoms with Gasteiger partial charge < -0.3 is 18.9 Å². The number of tetrazole rings is 1. The van der Waals surface area contributed by atoms with Crippen molar-refractivity contribution in [1.82, 2.24) is 30.1 Å². The van der Waals surface area contributed by atoms with Crippen molar-refractivity contribution in [1.29, 1.82) is 0 Å². The maximum absolute atomic E-state index is 13.2. The molecule has 0 radical (unpaired) electrons. The minimum absolute atomic E-state index is 0.211. The topological polar surface area (TPSA) is 98.2 Å². The summed E-state index contributed by atoms with van der Waals surface area (Å²) in [5, 5.41) is 16.7. The molecule has 0 aliphatic heterocycles. The van der Waals surface area contributed by atoms with Gasteiger partial charge in [0.15, 0.2) is 12.4 Å². The van der Waals surface area contributed by atoms with E-state index in [9.17, 15) is 4.79 Å². The van der Waals surface area contributed by atoms with Crippen molar-refractivity contribution >= 4 is 43.7 Å². The van der Waals surface area contributed by atoms with Crippen LogP contribution in [0.2, 0.25) is 0 Å². The zero-order chi connectivity index (χ0) is 26.6. The number of nitrogens with zero attached hydrogens (tertiary/aromatic N) is 5. The van der Waals surface area contributed by atoms with Gasteiger partial charge in [-0.05, 0) is 69.4 Å². The Morgan fingerprint density at radius 3 is 2.76 bits per heavy atom. The first kappa shape index (κ1) is 25.7. The number of fused-ring (bicyclic) bond motifs is 2. The number of para-hydroxylation sites is 1. The summed E-state index contributed by atoms with van der Waals surface area (Å²) in [6.07, 6.45) is 2.57. The van der Waals surface area contributed by atoms with Crippen LogP contribution in [0.15, 0.2) is 59.1 Å². The van der Waals surface area contributed by atoms with E-state index in [0.29, 0.717) is 23.9 Å². The predicted molar refractivity (Wildman–Crippen MR) is 149 cm³/mol. The van der Waals surface area contributed by atoms with Crippen LogP contribution in [0.25, 0.3) is 21.7 Å². The molecule has 3 aromatic carbocycles. The van der Waals surface area contributed by atoms with Crippen LogP contribution in [0.1, 0.15) is 36.8 Å². The number of hydrogen-bond donors (Lipinski definition) is 1. The molecule has 0 atom stereocenters. The number of halogens is 1. The summed E-state index contributed by atoms with van der Waals surface area (Å²) in [7, 11) is 3.79. The number of H-pyrrole nitrogens is 1. The third kappa shape index (κ3) is 5.22. The lowest BCUT2D eigenvalue weighted by molar-refractivity contribution is 0.161. The summed E-state index contributed by atoms with van der Waals surface area (Å²) in [4.78, 5) is 14.8. The predicted octanol–water partition coefficient (Wildman–Crippen LogP) is 6.16. The van der Waals surface area contributed by atoms with Gasteiger partial charge in [-0.2, -0.15) is 5.21 Å². The van der Waals surface area contributed by atoms with Crippen molar-refractivity contribution in [2.75, 3.05) is 7.05 Å². The van der Waals surface area contributed by atoms with Crippen LogP contribution >= 0.6 is 15.9 Å². The van der Waals surface area contributed by atoms with Crippen LogP contribution in [0, 0.1) is 0 Å². The first-order valence-electron chi connectivity index (χ1n) is 12.5. The molecule has 2 heterocycles. The molecule has 0 aliphatic rings. The van der Waals surface area contributed by atoms with E-state index >= 15 is 0 Å². The molecule has 0 saturated heterocycles. The number of aryl methyl sites for hydroxylation is 1. The molecule has 0 fully saturated rings. The monoisotopic (exact) mass is 576 g/mol. The Kier molecular flexibility index (Phi) is 7.59. The molecule has 9 nitrogen and oxygen atoms in total. The Hall–Kier alpha value is -3.92. The second-order valence-electron chi connectivity index (χ2n) is 9.23. The second-order valence-corrected chi connectivity index (χ2v) is 10.0. The van der Waals surface area contributed by atoms with Gasteiger partial charge in [0, 0.05) is 26.0 Å². The lowest BCUT2D eigenvalue weighted by atomic mass is 10.1. The Labute approximate surface area is 228 Å². The van der Waals surface area contributed by atoms with Crippen molar-refractivity contribution in [3.63, 3.8) is 0 Å². The number of unbranched alkanes of at least 4 members (excludes halogenated alkanes) is 1. The van der Waals surface area contributed by atoms with E-state index in [1.165, 1.54) is 0 Å². The number of hydrogen-bond acceptors (Lipinski definition) is 6. The second kappa shape index (κ2) is 11.2. The van der Waals surface area contributed by atoms with Gasteiger partial charge >= 0.3 is 6.09 Å². The molecule has 0 spiro atoms. The first-order chi connectivity index (χ1) is 18.5. The van der Waals surface area contributed by atoms with Gasteiger partial charge in [0.1, 0.15) is 5.75 Å². The zero-order valence-corrected chi connectivity index (χ0v) is 23.2. The molecule has 2 aromatic heterocycles. The molecular formula is C28H29BrN6O3. The van der Waals surface area contributed by atoms with Crippen molar-refractivity contribution < 1.29 is 14.3 Å². The average molecular weight is 577 g/mol. The van der Waals surface area contributed by atoms with Gasteiger partial charge in [0.2, 0.25) is 5.82 Å². The van der Waals surface area contributed by atoms with Crippen LogP contribution in [0.3, 0.4) is 0 Å². The van der Waals surface area contributed by atoms with Gasteiger partial charge in [0.25, 0.3) is 0 Å². The zero-order valence-electron chi connectivity index (χ0n) is 21.6. The highest BCUT2D eigenvalue weighted by atomic mass is 79.9. The summed E-state index contributed by atoms with van der Waals surface area (Å²) in [5.74, 6) is 1.82. The number of aromatic amines is 1. The smallest absolute Gasteiger partial charge is 0.415 e. The number of carbonyl (C=O) groups is 1. The van der Waals surface area contributed by atoms with Gasteiger partial charge in [0.05, 0.1) is 15.7 Å².